The van der Waals surface area contributed by atoms with Crippen LogP contribution in [0.3, 0.4) is 0 Å². The minimum absolute atomic E-state index is 0.0334. The Bertz CT molecular complexity index is 1110. The maximum atomic E-state index is 14.0. The molecule has 4 bridgehead atoms. The van der Waals surface area contributed by atoms with E-state index >= 15 is 0 Å². The fourth-order valence-electron chi connectivity index (χ4n) is 8.31. The Kier molecular flexibility index (Phi) is 11.2. The van der Waals surface area contributed by atoms with Crippen molar-refractivity contribution in [2.45, 2.75) is 98.7 Å². The van der Waals surface area contributed by atoms with Gasteiger partial charge in [0.1, 0.15) is 12.7 Å². The highest BCUT2D eigenvalue weighted by Gasteiger charge is 2.53. The van der Waals surface area contributed by atoms with E-state index in [-0.39, 0.29) is 44.3 Å². The summed E-state index contributed by atoms with van der Waals surface area (Å²) in [6, 6.07) is 9.67. The van der Waals surface area contributed by atoms with E-state index in [1.54, 1.807) is 20.8 Å². The van der Waals surface area contributed by atoms with Crippen LogP contribution in [0.1, 0.15) is 91.5 Å². The van der Waals surface area contributed by atoms with Crippen molar-refractivity contribution in [2.24, 2.45) is 39.9 Å². The molecule has 246 valence electrons. The quantitative estimate of drug-likeness (QED) is 0.0915. The molecule has 0 aliphatic heterocycles. The molecule has 0 heterocycles. The largest absolute Gasteiger partial charge is 0.464 e. The van der Waals surface area contributed by atoms with Crippen LogP contribution in [0.5, 0.6) is 0 Å². The summed E-state index contributed by atoms with van der Waals surface area (Å²) < 4.78 is 23.4. The van der Waals surface area contributed by atoms with Crippen LogP contribution in [0, 0.1) is 39.9 Å². The molecule has 1 aromatic carbocycles. The lowest BCUT2D eigenvalue weighted by Crippen LogP contribution is -2.52. The Hall–Kier alpha value is -2.45. The molecule has 2 atom stereocenters. The van der Waals surface area contributed by atoms with Crippen LogP contribution in [-0.4, -0.2) is 63.0 Å². The van der Waals surface area contributed by atoms with E-state index in [4.69, 9.17) is 18.9 Å². The van der Waals surface area contributed by atoms with Gasteiger partial charge < -0.3 is 23.8 Å². The minimum atomic E-state index is -1.17. The first kappa shape index (κ1) is 34.4. The lowest BCUT2D eigenvalue weighted by Gasteiger charge is -2.54. The lowest BCUT2D eigenvalue weighted by molar-refractivity contribution is -0.187. The number of likely N-dealkylation sites (N-methyl/N-ethyl adjacent to an activating group) is 1. The number of esters is 3. The van der Waals surface area contributed by atoms with Gasteiger partial charge in [-0.2, -0.15) is 0 Å². The van der Waals surface area contributed by atoms with Crippen molar-refractivity contribution in [3.8, 4) is 0 Å². The Labute approximate surface area is 264 Å². The number of benzene rings is 1. The van der Waals surface area contributed by atoms with Gasteiger partial charge in [0.2, 0.25) is 0 Å². The monoisotopic (exact) mass is 613 g/mol. The average molecular weight is 614 g/mol. The second kappa shape index (κ2) is 14.3. The zero-order valence-electron chi connectivity index (χ0n) is 28.1. The Morgan fingerprint density at radius 3 is 1.98 bits per heavy atom. The van der Waals surface area contributed by atoms with Gasteiger partial charge in [-0.25, -0.2) is 0 Å². The van der Waals surface area contributed by atoms with E-state index in [1.165, 1.54) is 6.42 Å². The molecule has 5 rings (SSSR count). The summed E-state index contributed by atoms with van der Waals surface area (Å²) in [5.74, 6) is 1.34. The minimum Gasteiger partial charge on any atom is -0.464 e. The highest BCUT2D eigenvalue weighted by molar-refractivity contribution is 5.82. The highest BCUT2D eigenvalue weighted by Crippen LogP contribution is 2.55. The third-order valence-corrected chi connectivity index (χ3v) is 10.5. The fourth-order valence-corrected chi connectivity index (χ4v) is 8.31. The molecule has 8 nitrogen and oxygen atoms in total. The van der Waals surface area contributed by atoms with Crippen LogP contribution < -0.4 is 0 Å². The predicted molar refractivity (Wildman–Crippen MR) is 168 cm³/mol. The summed E-state index contributed by atoms with van der Waals surface area (Å²) in [4.78, 5) is 43.1. The topological polar surface area (TPSA) is 91.4 Å². The molecule has 4 saturated carbocycles. The van der Waals surface area contributed by atoms with Crippen LogP contribution >= 0.6 is 0 Å². The smallest absolute Gasteiger partial charge is 0.313 e. The summed E-state index contributed by atoms with van der Waals surface area (Å²) in [7, 11) is 3.83. The van der Waals surface area contributed by atoms with E-state index in [9.17, 15) is 14.4 Å². The molecular weight excluding hydrogens is 558 g/mol. The summed E-state index contributed by atoms with van der Waals surface area (Å²) in [6.45, 7) is 10.2. The first-order chi connectivity index (χ1) is 20.7. The van der Waals surface area contributed by atoms with Crippen molar-refractivity contribution < 1.29 is 33.3 Å². The molecular formula is C36H55NO7. The number of hydrogen-bond donors (Lipinski definition) is 0. The van der Waals surface area contributed by atoms with E-state index in [2.05, 4.69) is 0 Å². The van der Waals surface area contributed by atoms with Crippen molar-refractivity contribution in [2.75, 3.05) is 34.0 Å². The molecule has 0 aromatic heterocycles. The van der Waals surface area contributed by atoms with Gasteiger partial charge in [-0.05, 0) is 122 Å². The van der Waals surface area contributed by atoms with Crippen molar-refractivity contribution in [3.05, 3.63) is 35.9 Å². The number of hydrogen-bond acceptors (Lipinski definition) is 8. The van der Waals surface area contributed by atoms with Crippen molar-refractivity contribution in [1.82, 2.24) is 4.90 Å². The standard InChI is InChI=1S/C36H55NO7/c1-8-35(4,33(40)44-30-28-17-26-16-27(19-28)20-29(30)18-26)23-36(5,22-34(2,3)31(38)42-15-14-37(6)7)32(39)43-24-41-21-25-12-10-9-11-13-25/h9-13,26-30H,8,14-24H2,1-7H3. The second-order valence-electron chi connectivity index (χ2n) is 15.3. The Balaban J connectivity index is 1.47. The van der Waals surface area contributed by atoms with Crippen LogP contribution in [0.25, 0.3) is 0 Å². The molecule has 44 heavy (non-hydrogen) atoms. The number of rotatable bonds is 16. The number of ether oxygens (including phenoxy) is 4. The van der Waals surface area contributed by atoms with Gasteiger partial charge in [0, 0.05) is 6.54 Å². The third kappa shape index (κ3) is 8.42. The Morgan fingerprint density at radius 2 is 1.41 bits per heavy atom. The first-order valence-electron chi connectivity index (χ1n) is 16.6. The van der Waals surface area contributed by atoms with E-state index in [0.717, 1.165) is 43.1 Å². The predicted octanol–water partition coefficient (Wildman–Crippen LogP) is 6.41. The highest BCUT2D eigenvalue weighted by atomic mass is 16.7. The summed E-state index contributed by atoms with van der Waals surface area (Å²) in [5.41, 5.74) is -2.13. The van der Waals surface area contributed by atoms with Crippen molar-refractivity contribution in [3.63, 3.8) is 0 Å². The van der Waals surface area contributed by atoms with Gasteiger partial charge in [-0.15, -0.1) is 0 Å². The van der Waals surface area contributed by atoms with Gasteiger partial charge in [0.15, 0.2) is 6.79 Å². The Morgan fingerprint density at radius 1 is 0.795 bits per heavy atom. The van der Waals surface area contributed by atoms with Gasteiger partial charge >= 0.3 is 17.9 Å². The van der Waals surface area contributed by atoms with Gasteiger partial charge in [-0.3, -0.25) is 14.4 Å². The molecule has 0 spiro atoms. The molecule has 4 fully saturated rings. The van der Waals surface area contributed by atoms with Crippen LogP contribution in [-0.2, 0) is 39.9 Å². The number of carbonyl (C=O) groups is 3. The molecule has 4 aliphatic rings. The molecule has 0 radical (unpaired) electrons. The molecule has 4 aliphatic carbocycles. The number of nitrogens with zero attached hydrogens (tertiary/aromatic N) is 1. The third-order valence-electron chi connectivity index (χ3n) is 10.5. The van der Waals surface area contributed by atoms with E-state index in [0.29, 0.717) is 31.4 Å². The molecule has 0 saturated heterocycles. The molecule has 8 heteroatoms. The van der Waals surface area contributed by atoms with Crippen molar-refractivity contribution >= 4 is 17.9 Å². The summed E-state index contributed by atoms with van der Waals surface area (Å²) in [6.07, 6.45) is 6.78. The van der Waals surface area contributed by atoms with Gasteiger partial charge in [-0.1, -0.05) is 37.3 Å². The maximum Gasteiger partial charge on any atom is 0.313 e. The molecule has 0 N–H and O–H groups in total. The van der Waals surface area contributed by atoms with E-state index in [1.807, 2.05) is 63.2 Å². The number of carbonyl (C=O) groups excluding carboxylic acids is 3. The molecule has 0 amide bonds. The fraction of sp³-hybridized carbons (Fsp3) is 0.750. The zero-order valence-corrected chi connectivity index (χ0v) is 28.1. The SMILES string of the molecule is CCC(C)(CC(C)(CC(C)(C)C(=O)OCCN(C)C)C(=O)OCOCc1ccccc1)C(=O)OC1C2CC3CC(C2)CC1C3. The van der Waals surface area contributed by atoms with Crippen LogP contribution in [0.4, 0.5) is 0 Å². The normalized spacial score (nSPS) is 27.0. The van der Waals surface area contributed by atoms with Crippen LogP contribution in [0.2, 0.25) is 0 Å². The van der Waals surface area contributed by atoms with E-state index < -0.39 is 22.2 Å². The lowest BCUT2D eigenvalue weighted by atomic mass is 9.55. The second-order valence-corrected chi connectivity index (χ2v) is 15.3. The maximum absolute atomic E-state index is 14.0. The van der Waals surface area contributed by atoms with Gasteiger partial charge in [0.25, 0.3) is 0 Å². The molecule has 2 unspecified atom stereocenters. The summed E-state index contributed by atoms with van der Waals surface area (Å²) >= 11 is 0. The summed E-state index contributed by atoms with van der Waals surface area (Å²) in [5, 5.41) is 0. The molecule has 1 aromatic rings. The first-order valence-corrected chi connectivity index (χ1v) is 16.6. The van der Waals surface area contributed by atoms with Crippen LogP contribution in [0.15, 0.2) is 30.3 Å². The van der Waals surface area contributed by atoms with Gasteiger partial charge in [0.05, 0.1) is 22.9 Å². The average Bonchev–Trinajstić information content (AvgIpc) is 2.96. The zero-order chi connectivity index (χ0) is 32.1. The van der Waals surface area contributed by atoms with Crippen molar-refractivity contribution in [1.29, 1.82) is 0 Å².